The standard InChI is InChI=1S/C54H53N/c1-11-17-39(31-36(5)53(7,8)48-21-16-13-18-34(48)3)41-24-29-51(55)47(32-41)43-25-22-40(30-35(43)4)42-23-26-46-50(33-42)54(9,10)49-28-27-44(37(6)52(46)49)45-20-15-14-19-38(45)12-2/h2,11,13-14,16-19,21-33H,1,15,20,55H2,3-10H3/b36-31+,39-17+. The highest BCUT2D eigenvalue weighted by atomic mass is 14.6. The summed E-state index contributed by atoms with van der Waals surface area (Å²) in [4.78, 5) is 0. The van der Waals surface area contributed by atoms with Crippen LogP contribution in [0.25, 0.3) is 44.5 Å². The monoisotopic (exact) mass is 715 g/mol. The fraction of sp³-hybridized carbons (Fsp3) is 0.222. The van der Waals surface area contributed by atoms with Crippen molar-refractivity contribution in [2.45, 2.75) is 79.1 Å². The van der Waals surface area contributed by atoms with E-state index in [1.165, 1.54) is 72.3 Å². The van der Waals surface area contributed by atoms with E-state index in [-0.39, 0.29) is 10.8 Å². The van der Waals surface area contributed by atoms with E-state index >= 15 is 0 Å². The molecule has 0 atom stereocenters. The van der Waals surface area contributed by atoms with Crippen LogP contribution in [0, 0.1) is 33.1 Å². The molecule has 7 rings (SSSR count). The average molecular weight is 716 g/mol. The number of fused-ring (bicyclic) bond motifs is 3. The van der Waals surface area contributed by atoms with Gasteiger partial charge in [0.15, 0.2) is 0 Å². The van der Waals surface area contributed by atoms with Gasteiger partial charge in [-0.1, -0.05) is 149 Å². The van der Waals surface area contributed by atoms with Crippen molar-refractivity contribution in [3.63, 3.8) is 0 Å². The van der Waals surface area contributed by atoms with Gasteiger partial charge >= 0.3 is 0 Å². The summed E-state index contributed by atoms with van der Waals surface area (Å²) in [5, 5.41) is 0. The summed E-state index contributed by atoms with van der Waals surface area (Å²) in [7, 11) is 0. The predicted octanol–water partition coefficient (Wildman–Crippen LogP) is 14.1. The van der Waals surface area contributed by atoms with E-state index in [4.69, 9.17) is 12.2 Å². The van der Waals surface area contributed by atoms with Crippen LogP contribution in [-0.2, 0) is 10.8 Å². The smallest absolute Gasteiger partial charge is 0.0394 e. The molecular formula is C54H53N. The number of nitrogens with two attached hydrogens (primary N) is 1. The van der Waals surface area contributed by atoms with Crippen LogP contribution in [0.5, 0.6) is 0 Å². The second kappa shape index (κ2) is 14.4. The highest BCUT2D eigenvalue weighted by molar-refractivity contribution is 5.91. The zero-order chi connectivity index (χ0) is 39.2. The van der Waals surface area contributed by atoms with Gasteiger partial charge in [0, 0.05) is 27.7 Å². The molecule has 0 aliphatic heterocycles. The fourth-order valence-corrected chi connectivity index (χ4v) is 8.96. The lowest BCUT2D eigenvalue weighted by molar-refractivity contribution is 0.619. The maximum atomic E-state index is 6.72. The zero-order valence-electron chi connectivity index (χ0n) is 33.8. The largest absolute Gasteiger partial charge is 0.398 e. The van der Waals surface area contributed by atoms with Crippen molar-refractivity contribution in [2.75, 3.05) is 5.73 Å². The van der Waals surface area contributed by atoms with Crippen LogP contribution < -0.4 is 5.73 Å². The molecule has 55 heavy (non-hydrogen) atoms. The molecule has 0 bridgehead atoms. The van der Waals surface area contributed by atoms with Crippen molar-refractivity contribution in [2.24, 2.45) is 0 Å². The molecule has 5 aromatic rings. The lowest BCUT2D eigenvalue weighted by Gasteiger charge is -2.29. The van der Waals surface area contributed by atoms with Crippen LogP contribution in [0.2, 0.25) is 0 Å². The number of rotatable bonds is 8. The van der Waals surface area contributed by atoms with Crippen LogP contribution in [0.1, 0.15) is 92.0 Å². The van der Waals surface area contributed by atoms with E-state index in [0.717, 1.165) is 46.4 Å². The molecule has 0 unspecified atom stereocenters. The minimum Gasteiger partial charge on any atom is -0.398 e. The van der Waals surface area contributed by atoms with Gasteiger partial charge < -0.3 is 5.73 Å². The molecule has 1 nitrogen and oxygen atoms in total. The first-order valence-corrected chi connectivity index (χ1v) is 19.5. The topological polar surface area (TPSA) is 26.0 Å². The van der Waals surface area contributed by atoms with E-state index in [9.17, 15) is 0 Å². The predicted molar refractivity (Wildman–Crippen MR) is 239 cm³/mol. The number of anilines is 1. The molecule has 0 spiro atoms. The van der Waals surface area contributed by atoms with Crippen LogP contribution in [-0.4, -0.2) is 0 Å². The average Bonchev–Trinajstić information content (AvgIpc) is 3.41. The van der Waals surface area contributed by atoms with Gasteiger partial charge in [0.05, 0.1) is 0 Å². The normalized spacial score (nSPS) is 15.1. The molecule has 0 amide bonds. The van der Waals surface area contributed by atoms with Crippen molar-refractivity contribution in [3.8, 4) is 45.7 Å². The van der Waals surface area contributed by atoms with Crippen molar-refractivity contribution in [1.82, 2.24) is 0 Å². The Bertz CT molecular complexity index is 2550. The minimum absolute atomic E-state index is 0.123. The van der Waals surface area contributed by atoms with Gasteiger partial charge in [0.1, 0.15) is 0 Å². The Balaban J connectivity index is 1.23. The zero-order valence-corrected chi connectivity index (χ0v) is 33.8. The fourth-order valence-electron chi connectivity index (χ4n) is 8.96. The van der Waals surface area contributed by atoms with Crippen molar-refractivity contribution in [1.29, 1.82) is 0 Å². The van der Waals surface area contributed by atoms with Crippen molar-refractivity contribution < 1.29 is 0 Å². The van der Waals surface area contributed by atoms with Gasteiger partial charge in [-0.2, -0.15) is 0 Å². The number of aryl methyl sites for hydroxylation is 2. The maximum absolute atomic E-state index is 6.72. The summed E-state index contributed by atoms with van der Waals surface area (Å²) in [6, 6.07) is 33.5. The first-order chi connectivity index (χ1) is 26.3. The number of hydrogen-bond donors (Lipinski definition) is 1. The van der Waals surface area contributed by atoms with E-state index < -0.39 is 0 Å². The summed E-state index contributed by atoms with van der Waals surface area (Å²) >= 11 is 0. The third kappa shape index (κ3) is 6.55. The van der Waals surface area contributed by atoms with Crippen molar-refractivity contribution >= 4 is 16.8 Å². The van der Waals surface area contributed by atoms with Crippen LogP contribution in [0.3, 0.4) is 0 Å². The molecule has 0 heterocycles. The van der Waals surface area contributed by atoms with Crippen molar-refractivity contribution in [3.05, 3.63) is 184 Å². The van der Waals surface area contributed by atoms with E-state index in [0.29, 0.717) is 0 Å². The van der Waals surface area contributed by atoms with Gasteiger partial charge in [-0.05, 0) is 142 Å². The number of hydrogen-bond acceptors (Lipinski definition) is 1. The highest BCUT2D eigenvalue weighted by Gasteiger charge is 2.37. The molecule has 274 valence electrons. The lowest BCUT2D eigenvalue weighted by Crippen LogP contribution is -2.20. The highest BCUT2D eigenvalue weighted by Crippen LogP contribution is 2.52. The molecule has 0 saturated carbocycles. The summed E-state index contributed by atoms with van der Waals surface area (Å²) in [6.45, 7) is 22.2. The summed E-state index contributed by atoms with van der Waals surface area (Å²) in [5.74, 6) is 2.94. The van der Waals surface area contributed by atoms with E-state index in [2.05, 4.69) is 177 Å². The Kier molecular flexibility index (Phi) is 9.83. The third-order valence-corrected chi connectivity index (χ3v) is 12.5. The van der Waals surface area contributed by atoms with Crippen LogP contribution >= 0.6 is 0 Å². The quantitative estimate of drug-likeness (QED) is 0.0966. The van der Waals surface area contributed by atoms with E-state index in [1.807, 2.05) is 12.1 Å². The maximum Gasteiger partial charge on any atom is 0.0394 e. The summed E-state index contributed by atoms with van der Waals surface area (Å²) in [6.07, 6.45) is 18.5. The number of nitrogen functional groups attached to an aromatic ring is 1. The Hall–Kier alpha value is -5.84. The first kappa shape index (κ1) is 37.5. The Labute approximate surface area is 329 Å². The Morgan fingerprint density at radius 2 is 1.53 bits per heavy atom. The molecule has 2 aliphatic carbocycles. The molecule has 0 fully saturated rings. The molecular weight excluding hydrogens is 663 g/mol. The van der Waals surface area contributed by atoms with Gasteiger partial charge in [-0.15, -0.1) is 6.42 Å². The summed E-state index contributed by atoms with van der Waals surface area (Å²) < 4.78 is 0. The molecule has 0 saturated heterocycles. The molecule has 2 N–H and O–H groups in total. The number of allylic oxidation sites excluding steroid dienone is 9. The SMILES string of the molecule is C#CC1=C(c2ccc3c(c2C)-c2ccc(-c4ccc(-c5cc(C(=C/C=C)/C=C(\C)C(C)(C)c6ccccc6C)ccc5N)c(C)c4)cc2C3(C)C)CCC=C1. The molecule has 0 aromatic heterocycles. The number of benzene rings is 5. The van der Waals surface area contributed by atoms with Crippen LogP contribution in [0.4, 0.5) is 5.69 Å². The Morgan fingerprint density at radius 3 is 2.24 bits per heavy atom. The second-order valence-corrected chi connectivity index (χ2v) is 16.5. The van der Waals surface area contributed by atoms with Gasteiger partial charge in [-0.3, -0.25) is 0 Å². The number of terminal acetylenes is 1. The molecule has 2 aliphatic rings. The van der Waals surface area contributed by atoms with Gasteiger partial charge in [0.2, 0.25) is 0 Å². The van der Waals surface area contributed by atoms with Gasteiger partial charge in [0.25, 0.3) is 0 Å². The lowest BCUT2D eigenvalue weighted by atomic mass is 9.75. The third-order valence-electron chi connectivity index (χ3n) is 12.5. The minimum atomic E-state index is -0.136. The van der Waals surface area contributed by atoms with Gasteiger partial charge in [-0.25, -0.2) is 0 Å². The second-order valence-electron chi connectivity index (χ2n) is 16.5. The molecule has 5 aromatic carbocycles. The summed E-state index contributed by atoms with van der Waals surface area (Å²) in [5.41, 5.74) is 29.5. The molecule has 0 radical (unpaired) electrons. The molecule has 1 heteroatoms. The first-order valence-electron chi connectivity index (χ1n) is 19.5. The Morgan fingerprint density at radius 1 is 0.818 bits per heavy atom. The van der Waals surface area contributed by atoms with E-state index in [1.54, 1.807) is 0 Å². The van der Waals surface area contributed by atoms with Crippen LogP contribution in [0.15, 0.2) is 139 Å².